The van der Waals surface area contributed by atoms with Crippen molar-refractivity contribution in [2.45, 2.75) is 51.4 Å². The molecule has 0 spiro atoms. The van der Waals surface area contributed by atoms with Gasteiger partial charge in [-0.1, -0.05) is 33.8 Å². The molecule has 0 unspecified atom stereocenters. The van der Waals surface area contributed by atoms with Gasteiger partial charge in [-0.2, -0.15) is 0 Å². The van der Waals surface area contributed by atoms with Crippen LogP contribution in [0.5, 0.6) is 5.75 Å². The van der Waals surface area contributed by atoms with Crippen LogP contribution in [-0.2, 0) is 10.8 Å². The molecule has 1 aliphatic carbocycles. The van der Waals surface area contributed by atoms with E-state index in [-0.39, 0.29) is 28.1 Å². The molecule has 2 aromatic carbocycles. The summed E-state index contributed by atoms with van der Waals surface area (Å²) in [6, 6.07) is 9.79. The molecule has 1 aliphatic rings. The van der Waals surface area contributed by atoms with E-state index in [2.05, 4.69) is 33.0 Å². The van der Waals surface area contributed by atoms with Crippen molar-refractivity contribution in [1.82, 2.24) is 0 Å². The highest BCUT2D eigenvalue weighted by atomic mass is 16.4. The summed E-state index contributed by atoms with van der Waals surface area (Å²) in [5, 5.41) is 21.5. The first-order chi connectivity index (χ1) is 12.5. The first-order valence-corrected chi connectivity index (χ1v) is 9.04. The van der Waals surface area contributed by atoms with Gasteiger partial charge in [-0.15, -0.1) is 0 Å². The Morgan fingerprint density at radius 2 is 1.56 bits per heavy atom. The quantitative estimate of drug-likeness (QED) is 0.734. The molecular formula is C22H25NO4. The number of fused-ring (bicyclic) bond motifs is 1. The Kier molecular flexibility index (Phi) is 4.50. The molecule has 0 aliphatic heterocycles. The fourth-order valence-corrected chi connectivity index (χ4v) is 3.72. The first-order valence-electron chi connectivity index (χ1n) is 9.04. The van der Waals surface area contributed by atoms with E-state index in [0.29, 0.717) is 11.3 Å². The predicted octanol–water partition coefficient (Wildman–Crippen LogP) is 4.69. The molecule has 27 heavy (non-hydrogen) atoms. The van der Waals surface area contributed by atoms with Crippen LogP contribution in [0.2, 0.25) is 0 Å². The van der Waals surface area contributed by atoms with Crippen molar-refractivity contribution < 1.29 is 19.8 Å². The Hall–Kier alpha value is -2.82. The second-order valence-electron chi connectivity index (χ2n) is 8.52. The minimum atomic E-state index is -1.22. The van der Waals surface area contributed by atoms with E-state index < -0.39 is 5.97 Å². The van der Waals surface area contributed by atoms with E-state index >= 15 is 0 Å². The molecule has 1 amide bonds. The zero-order chi connectivity index (χ0) is 20.0. The molecule has 0 aromatic heterocycles. The molecule has 5 heteroatoms. The van der Waals surface area contributed by atoms with Crippen molar-refractivity contribution in [3.05, 3.63) is 58.7 Å². The van der Waals surface area contributed by atoms with E-state index in [4.69, 9.17) is 5.11 Å². The van der Waals surface area contributed by atoms with Crippen molar-refractivity contribution in [2.75, 3.05) is 5.32 Å². The summed E-state index contributed by atoms with van der Waals surface area (Å²) in [6.45, 7) is 8.86. The zero-order valence-electron chi connectivity index (χ0n) is 16.1. The van der Waals surface area contributed by atoms with Gasteiger partial charge in [0.1, 0.15) is 11.3 Å². The maximum absolute atomic E-state index is 12.7. The third kappa shape index (κ3) is 3.54. The van der Waals surface area contributed by atoms with Gasteiger partial charge in [-0.3, -0.25) is 4.79 Å². The lowest BCUT2D eigenvalue weighted by molar-refractivity contribution is 0.0693. The topological polar surface area (TPSA) is 86.6 Å². The first kappa shape index (κ1) is 19.0. The number of amides is 1. The number of hydrogen-bond donors (Lipinski definition) is 3. The van der Waals surface area contributed by atoms with Crippen LogP contribution in [0.1, 0.15) is 72.4 Å². The van der Waals surface area contributed by atoms with Gasteiger partial charge in [0.25, 0.3) is 5.91 Å². The number of carbonyl (C=O) groups excluding carboxylic acids is 1. The van der Waals surface area contributed by atoms with Gasteiger partial charge in [0.2, 0.25) is 0 Å². The molecule has 0 bridgehead atoms. The van der Waals surface area contributed by atoms with Crippen LogP contribution in [0.25, 0.3) is 0 Å². The Morgan fingerprint density at radius 1 is 0.926 bits per heavy atom. The maximum atomic E-state index is 12.7. The van der Waals surface area contributed by atoms with E-state index in [9.17, 15) is 14.7 Å². The Bertz CT molecular complexity index is 928. The number of rotatable bonds is 3. The number of aromatic carboxylic acids is 1. The highest BCUT2D eigenvalue weighted by Crippen LogP contribution is 2.45. The molecule has 0 heterocycles. The second kappa shape index (κ2) is 6.41. The van der Waals surface area contributed by atoms with Crippen molar-refractivity contribution in [3.8, 4) is 5.75 Å². The van der Waals surface area contributed by atoms with Crippen LogP contribution in [0.4, 0.5) is 5.69 Å². The monoisotopic (exact) mass is 367 g/mol. The Balaban J connectivity index is 1.90. The number of anilines is 1. The fourth-order valence-electron chi connectivity index (χ4n) is 3.72. The summed E-state index contributed by atoms with van der Waals surface area (Å²) in [4.78, 5) is 23.7. The summed E-state index contributed by atoms with van der Waals surface area (Å²) >= 11 is 0. The van der Waals surface area contributed by atoms with Crippen LogP contribution in [0.3, 0.4) is 0 Å². The maximum Gasteiger partial charge on any atom is 0.339 e. The number of phenols is 1. The number of carboxylic acids is 1. The van der Waals surface area contributed by atoms with Gasteiger partial charge >= 0.3 is 5.97 Å². The number of benzene rings is 2. The normalized spacial score (nSPS) is 17.0. The standard InChI is InChI=1S/C22H25NO4/c1-21(2)9-10-22(3,4)17-11-13(5-8-16(17)21)19(25)23-14-6-7-15(20(26)27)18(24)12-14/h5-8,11-12,24H,9-10H2,1-4H3,(H,23,25)(H,26,27). The van der Waals surface area contributed by atoms with Crippen molar-refractivity contribution >= 4 is 17.6 Å². The Morgan fingerprint density at radius 3 is 2.15 bits per heavy atom. The summed E-state index contributed by atoms with van der Waals surface area (Å²) in [6.07, 6.45) is 2.16. The fraction of sp³-hybridized carbons (Fsp3) is 0.364. The van der Waals surface area contributed by atoms with Gasteiger partial charge in [-0.25, -0.2) is 4.79 Å². The average molecular weight is 367 g/mol. The lowest BCUT2D eigenvalue weighted by Crippen LogP contribution is -2.34. The van der Waals surface area contributed by atoms with Crippen LogP contribution < -0.4 is 5.32 Å². The van der Waals surface area contributed by atoms with Crippen LogP contribution in [-0.4, -0.2) is 22.1 Å². The number of aromatic hydroxyl groups is 1. The lowest BCUT2D eigenvalue weighted by atomic mass is 9.63. The van der Waals surface area contributed by atoms with Gasteiger partial charge in [0.05, 0.1) is 0 Å². The summed E-state index contributed by atoms with van der Waals surface area (Å²) < 4.78 is 0. The van der Waals surface area contributed by atoms with E-state index in [0.717, 1.165) is 12.8 Å². The predicted molar refractivity (Wildman–Crippen MR) is 105 cm³/mol. The van der Waals surface area contributed by atoms with Crippen molar-refractivity contribution in [1.29, 1.82) is 0 Å². The molecule has 5 nitrogen and oxygen atoms in total. The molecule has 0 fully saturated rings. The lowest BCUT2D eigenvalue weighted by Gasteiger charge is -2.42. The number of carbonyl (C=O) groups is 2. The van der Waals surface area contributed by atoms with Gasteiger partial charge in [0, 0.05) is 17.3 Å². The van der Waals surface area contributed by atoms with E-state index in [1.165, 1.54) is 29.3 Å². The molecule has 2 aromatic rings. The molecule has 0 atom stereocenters. The Labute approximate surface area is 159 Å². The zero-order valence-corrected chi connectivity index (χ0v) is 16.1. The molecule has 0 saturated carbocycles. The van der Waals surface area contributed by atoms with E-state index in [1.807, 2.05) is 18.2 Å². The largest absolute Gasteiger partial charge is 0.507 e. The molecule has 142 valence electrons. The minimum absolute atomic E-state index is 0.00253. The van der Waals surface area contributed by atoms with Crippen LogP contribution >= 0.6 is 0 Å². The third-order valence-electron chi connectivity index (χ3n) is 5.60. The second-order valence-corrected chi connectivity index (χ2v) is 8.52. The molecular weight excluding hydrogens is 342 g/mol. The summed E-state index contributed by atoms with van der Waals surface area (Å²) in [5.74, 6) is -1.89. The minimum Gasteiger partial charge on any atom is -0.507 e. The van der Waals surface area contributed by atoms with Gasteiger partial charge in [0.15, 0.2) is 0 Å². The molecule has 0 radical (unpaired) electrons. The smallest absolute Gasteiger partial charge is 0.339 e. The molecule has 3 rings (SSSR count). The number of carboxylic acid groups (broad SMARTS) is 1. The van der Waals surface area contributed by atoms with Gasteiger partial charge in [-0.05, 0) is 59.1 Å². The van der Waals surface area contributed by atoms with Gasteiger partial charge < -0.3 is 15.5 Å². The SMILES string of the molecule is CC1(C)CCC(C)(C)c2cc(C(=O)Nc3ccc(C(=O)O)c(O)c3)ccc21. The number of hydrogen-bond acceptors (Lipinski definition) is 3. The van der Waals surface area contributed by atoms with Crippen LogP contribution in [0.15, 0.2) is 36.4 Å². The number of nitrogens with one attached hydrogen (secondary N) is 1. The highest BCUT2D eigenvalue weighted by molar-refractivity contribution is 6.05. The summed E-state index contributed by atoms with van der Waals surface area (Å²) in [5.41, 5.74) is 3.24. The van der Waals surface area contributed by atoms with Crippen molar-refractivity contribution in [2.24, 2.45) is 0 Å². The third-order valence-corrected chi connectivity index (χ3v) is 5.60. The molecule has 0 saturated heterocycles. The van der Waals surface area contributed by atoms with E-state index in [1.54, 1.807) is 0 Å². The van der Waals surface area contributed by atoms with Crippen molar-refractivity contribution in [3.63, 3.8) is 0 Å². The average Bonchev–Trinajstić information content (AvgIpc) is 2.58. The molecule has 3 N–H and O–H groups in total. The highest BCUT2D eigenvalue weighted by Gasteiger charge is 2.37. The van der Waals surface area contributed by atoms with Crippen LogP contribution in [0, 0.1) is 0 Å². The summed E-state index contributed by atoms with van der Waals surface area (Å²) in [7, 11) is 0.